The number of para-hydroxylation sites is 1. The Morgan fingerprint density at radius 1 is 1.47 bits per heavy atom. The van der Waals surface area contributed by atoms with Crippen molar-refractivity contribution in [2.75, 3.05) is 13.2 Å². The van der Waals surface area contributed by atoms with Crippen molar-refractivity contribution >= 4 is 5.91 Å². The molecule has 0 spiro atoms. The van der Waals surface area contributed by atoms with Gasteiger partial charge in [-0.1, -0.05) is 25.1 Å². The Bertz CT molecular complexity index is 361. The molecule has 0 aliphatic carbocycles. The van der Waals surface area contributed by atoms with Crippen molar-refractivity contribution in [3.8, 4) is 5.75 Å². The summed E-state index contributed by atoms with van der Waals surface area (Å²) in [7, 11) is 0. The van der Waals surface area contributed by atoms with Gasteiger partial charge in [0.25, 0.3) is 5.91 Å². The van der Waals surface area contributed by atoms with Crippen LogP contribution in [-0.2, 0) is 4.79 Å². The van der Waals surface area contributed by atoms with Crippen LogP contribution in [0.3, 0.4) is 0 Å². The van der Waals surface area contributed by atoms with Crippen molar-refractivity contribution in [1.29, 1.82) is 0 Å². The van der Waals surface area contributed by atoms with E-state index in [9.17, 15) is 4.79 Å². The summed E-state index contributed by atoms with van der Waals surface area (Å²) in [6.45, 7) is 3.76. The number of aliphatic hydroxyl groups excluding tert-OH is 1. The number of nitrogens with one attached hydrogen (secondary N) is 1. The first kappa shape index (κ1) is 13.5. The number of amides is 1. The van der Waals surface area contributed by atoms with Gasteiger partial charge in [0.1, 0.15) is 5.75 Å². The van der Waals surface area contributed by atoms with Gasteiger partial charge in [-0.3, -0.25) is 4.79 Å². The molecule has 0 unspecified atom stereocenters. The molecule has 0 radical (unpaired) electrons. The molecule has 94 valence electrons. The van der Waals surface area contributed by atoms with Crippen LogP contribution in [0.15, 0.2) is 24.3 Å². The molecule has 0 fully saturated rings. The molecule has 4 nitrogen and oxygen atoms in total. The lowest BCUT2D eigenvalue weighted by molar-refractivity contribution is -0.124. The van der Waals surface area contributed by atoms with Gasteiger partial charge in [-0.05, 0) is 25.0 Å². The summed E-state index contributed by atoms with van der Waals surface area (Å²) in [4.78, 5) is 11.5. The fraction of sp³-hybridized carbons (Fsp3) is 0.462. The summed E-state index contributed by atoms with van der Waals surface area (Å²) in [6, 6.07) is 7.34. The zero-order valence-electron chi connectivity index (χ0n) is 10.3. The van der Waals surface area contributed by atoms with E-state index in [1.807, 2.05) is 38.1 Å². The van der Waals surface area contributed by atoms with Crippen LogP contribution < -0.4 is 10.1 Å². The Morgan fingerprint density at radius 3 is 2.76 bits per heavy atom. The van der Waals surface area contributed by atoms with Crippen LogP contribution in [0.5, 0.6) is 5.75 Å². The molecule has 0 aromatic heterocycles. The maximum atomic E-state index is 11.5. The summed E-state index contributed by atoms with van der Waals surface area (Å²) in [5.74, 6) is 0.494. The third-order valence-corrected chi connectivity index (χ3v) is 2.53. The van der Waals surface area contributed by atoms with Gasteiger partial charge < -0.3 is 15.2 Å². The lowest BCUT2D eigenvalue weighted by Gasteiger charge is -2.14. The van der Waals surface area contributed by atoms with Crippen molar-refractivity contribution in [2.45, 2.75) is 26.3 Å². The quantitative estimate of drug-likeness (QED) is 0.783. The van der Waals surface area contributed by atoms with Crippen molar-refractivity contribution in [3.05, 3.63) is 29.8 Å². The molecule has 1 amide bonds. The van der Waals surface area contributed by atoms with Crippen LogP contribution in [-0.4, -0.2) is 30.3 Å². The number of aliphatic hydroxyl groups is 1. The highest BCUT2D eigenvalue weighted by atomic mass is 16.5. The van der Waals surface area contributed by atoms with Crippen LogP contribution in [0.4, 0.5) is 0 Å². The largest absolute Gasteiger partial charge is 0.484 e. The first-order valence-electron chi connectivity index (χ1n) is 5.76. The van der Waals surface area contributed by atoms with Gasteiger partial charge in [0.2, 0.25) is 0 Å². The van der Waals surface area contributed by atoms with E-state index in [1.165, 1.54) is 0 Å². The third-order valence-electron chi connectivity index (χ3n) is 2.53. The van der Waals surface area contributed by atoms with Crippen molar-refractivity contribution in [3.63, 3.8) is 0 Å². The van der Waals surface area contributed by atoms with E-state index in [0.29, 0.717) is 12.2 Å². The van der Waals surface area contributed by atoms with Crippen LogP contribution in [0.25, 0.3) is 0 Å². The zero-order chi connectivity index (χ0) is 12.7. The highest BCUT2D eigenvalue weighted by Crippen LogP contribution is 2.15. The second-order valence-corrected chi connectivity index (χ2v) is 3.91. The van der Waals surface area contributed by atoms with Crippen molar-refractivity contribution in [2.24, 2.45) is 0 Å². The minimum Gasteiger partial charge on any atom is -0.484 e. The van der Waals surface area contributed by atoms with Crippen LogP contribution >= 0.6 is 0 Å². The standard InChI is InChI=1S/C13H19NO3/c1-3-11(8-15)14-13(16)9-17-12-7-5-4-6-10(12)2/h4-7,11,15H,3,8-9H2,1-2H3,(H,14,16)/t11-/m0/s1. The van der Waals surface area contributed by atoms with E-state index < -0.39 is 0 Å². The Hall–Kier alpha value is -1.55. The molecule has 0 saturated heterocycles. The second-order valence-electron chi connectivity index (χ2n) is 3.91. The summed E-state index contributed by atoms with van der Waals surface area (Å²) in [6.07, 6.45) is 0.701. The smallest absolute Gasteiger partial charge is 0.258 e. The number of carbonyl (C=O) groups excluding carboxylic acids is 1. The number of ether oxygens (including phenoxy) is 1. The highest BCUT2D eigenvalue weighted by molar-refractivity contribution is 5.77. The number of benzene rings is 1. The van der Waals surface area contributed by atoms with Gasteiger partial charge in [-0.2, -0.15) is 0 Å². The summed E-state index contributed by atoms with van der Waals surface area (Å²) in [5.41, 5.74) is 0.995. The van der Waals surface area contributed by atoms with E-state index in [0.717, 1.165) is 5.56 Å². The van der Waals surface area contributed by atoms with Crippen molar-refractivity contribution in [1.82, 2.24) is 5.32 Å². The minimum absolute atomic E-state index is 0.0264. The third kappa shape index (κ3) is 4.44. The average molecular weight is 237 g/mol. The lowest BCUT2D eigenvalue weighted by Crippen LogP contribution is -2.39. The first-order valence-corrected chi connectivity index (χ1v) is 5.76. The molecule has 0 bridgehead atoms. The van der Waals surface area contributed by atoms with Crippen LogP contribution in [0, 0.1) is 6.92 Å². The monoisotopic (exact) mass is 237 g/mol. The van der Waals surface area contributed by atoms with E-state index in [2.05, 4.69) is 5.32 Å². The van der Waals surface area contributed by atoms with Gasteiger partial charge in [0.05, 0.1) is 12.6 Å². The molecule has 1 atom stereocenters. The number of aryl methyl sites for hydroxylation is 1. The van der Waals surface area contributed by atoms with E-state index in [1.54, 1.807) is 0 Å². The SMILES string of the molecule is CC[C@@H](CO)NC(=O)COc1ccccc1C. The Morgan fingerprint density at radius 2 is 2.18 bits per heavy atom. The Labute approximate surface area is 102 Å². The Kier molecular flexibility index (Phi) is 5.49. The van der Waals surface area contributed by atoms with Crippen LogP contribution in [0.1, 0.15) is 18.9 Å². The van der Waals surface area contributed by atoms with Gasteiger partial charge >= 0.3 is 0 Å². The molecule has 4 heteroatoms. The highest BCUT2D eigenvalue weighted by Gasteiger charge is 2.09. The fourth-order valence-corrected chi connectivity index (χ4v) is 1.41. The molecule has 1 rings (SSSR count). The predicted octanol–water partition coefficient (Wildman–Crippen LogP) is 1.26. The number of carbonyl (C=O) groups is 1. The number of rotatable bonds is 6. The van der Waals surface area contributed by atoms with Gasteiger partial charge in [-0.25, -0.2) is 0 Å². The zero-order valence-corrected chi connectivity index (χ0v) is 10.3. The number of hydrogen-bond acceptors (Lipinski definition) is 3. The normalized spacial score (nSPS) is 11.9. The predicted molar refractivity (Wildman–Crippen MR) is 66.0 cm³/mol. The molecule has 0 heterocycles. The van der Waals surface area contributed by atoms with E-state index >= 15 is 0 Å². The van der Waals surface area contributed by atoms with Gasteiger partial charge in [-0.15, -0.1) is 0 Å². The summed E-state index contributed by atoms with van der Waals surface area (Å²) < 4.78 is 5.39. The summed E-state index contributed by atoms with van der Waals surface area (Å²) >= 11 is 0. The second kappa shape index (κ2) is 6.91. The van der Waals surface area contributed by atoms with Crippen LogP contribution in [0.2, 0.25) is 0 Å². The molecular weight excluding hydrogens is 218 g/mol. The Balaban J connectivity index is 2.41. The topological polar surface area (TPSA) is 58.6 Å². The molecule has 0 saturated carbocycles. The molecule has 1 aromatic rings. The first-order chi connectivity index (χ1) is 8.17. The molecular formula is C13H19NO3. The summed E-state index contributed by atoms with van der Waals surface area (Å²) in [5, 5.41) is 11.6. The maximum absolute atomic E-state index is 11.5. The van der Waals surface area contributed by atoms with Gasteiger partial charge in [0, 0.05) is 0 Å². The maximum Gasteiger partial charge on any atom is 0.258 e. The number of hydrogen-bond donors (Lipinski definition) is 2. The molecule has 17 heavy (non-hydrogen) atoms. The molecule has 0 aliphatic rings. The molecule has 0 aliphatic heterocycles. The van der Waals surface area contributed by atoms with Crippen molar-refractivity contribution < 1.29 is 14.6 Å². The minimum atomic E-state index is -0.214. The molecule has 1 aromatic carbocycles. The fourth-order valence-electron chi connectivity index (χ4n) is 1.41. The van der Waals surface area contributed by atoms with Gasteiger partial charge in [0.15, 0.2) is 6.61 Å². The lowest BCUT2D eigenvalue weighted by atomic mass is 10.2. The van der Waals surface area contributed by atoms with E-state index in [4.69, 9.17) is 9.84 Å². The average Bonchev–Trinajstić information content (AvgIpc) is 2.35. The molecule has 2 N–H and O–H groups in total. The van der Waals surface area contributed by atoms with E-state index in [-0.39, 0.29) is 25.2 Å².